The highest BCUT2D eigenvalue weighted by molar-refractivity contribution is 7.10. The third-order valence-electron chi connectivity index (χ3n) is 5.10. The van der Waals surface area contributed by atoms with E-state index in [4.69, 9.17) is 4.74 Å². The predicted octanol–water partition coefficient (Wildman–Crippen LogP) is 2.11. The molecule has 3 heterocycles. The van der Waals surface area contributed by atoms with Gasteiger partial charge in [0.2, 0.25) is 5.91 Å². The van der Waals surface area contributed by atoms with Crippen molar-refractivity contribution in [3.05, 3.63) is 62.8 Å². The van der Waals surface area contributed by atoms with Crippen molar-refractivity contribution in [1.29, 1.82) is 0 Å². The van der Waals surface area contributed by atoms with E-state index in [1.807, 2.05) is 24.3 Å². The number of fused-ring (bicyclic) bond motifs is 1. The van der Waals surface area contributed by atoms with E-state index >= 15 is 0 Å². The average molecular weight is 413 g/mol. The second-order valence-electron chi connectivity index (χ2n) is 7.01. The molecular weight excluding hydrogens is 388 g/mol. The van der Waals surface area contributed by atoms with Crippen molar-refractivity contribution in [3.8, 4) is 0 Å². The van der Waals surface area contributed by atoms with Crippen LogP contribution in [0.1, 0.15) is 23.2 Å². The standard InChI is InChI=1S/C21H24N4O3S/c26-20(8-7-19-23-16-5-2-1-4-15(16)21(27)24-19)22-14-17(18-6-3-13-29-18)25-9-11-28-12-10-25/h1-6,13,17H,7-12,14H2,(H,22,26)(H,23,24,27)/t17-/m1/s1. The average Bonchev–Trinajstić information content (AvgIpc) is 3.28. The smallest absolute Gasteiger partial charge is 0.258 e. The minimum atomic E-state index is -0.170. The zero-order chi connectivity index (χ0) is 20.1. The van der Waals surface area contributed by atoms with Gasteiger partial charge in [-0.3, -0.25) is 14.5 Å². The number of benzene rings is 1. The number of H-pyrrole nitrogens is 1. The zero-order valence-electron chi connectivity index (χ0n) is 16.1. The van der Waals surface area contributed by atoms with E-state index in [2.05, 4.69) is 31.6 Å². The summed E-state index contributed by atoms with van der Waals surface area (Å²) in [6, 6.07) is 11.5. The van der Waals surface area contributed by atoms with Crippen LogP contribution in [0.2, 0.25) is 0 Å². The Hall–Kier alpha value is -2.55. The number of aromatic nitrogens is 2. The number of nitrogens with zero attached hydrogens (tertiary/aromatic N) is 2. The lowest BCUT2D eigenvalue weighted by atomic mass is 10.1. The number of amides is 1. The lowest BCUT2D eigenvalue weighted by molar-refractivity contribution is -0.121. The summed E-state index contributed by atoms with van der Waals surface area (Å²) in [7, 11) is 0. The van der Waals surface area contributed by atoms with Crippen LogP contribution in [0.15, 0.2) is 46.6 Å². The summed E-state index contributed by atoms with van der Waals surface area (Å²) in [5, 5.41) is 5.68. The van der Waals surface area contributed by atoms with E-state index in [0.717, 1.165) is 26.3 Å². The van der Waals surface area contributed by atoms with Crippen LogP contribution < -0.4 is 10.9 Å². The molecule has 1 aromatic carbocycles. The van der Waals surface area contributed by atoms with Crippen molar-refractivity contribution in [3.63, 3.8) is 0 Å². The van der Waals surface area contributed by atoms with E-state index in [-0.39, 0.29) is 23.9 Å². The summed E-state index contributed by atoms with van der Waals surface area (Å²) in [6.45, 7) is 3.72. The third kappa shape index (κ3) is 4.90. The molecule has 1 saturated heterocycles. The highest BCUT2D eigenvalue weighted by Gasteiger charge is 2.23. The number of rotatable bonds is 7. The molecule has 3 aromatic rings. The summed E-state index contributed by atoms with van der Waals surface area (Å²) < 4.78 is 5.46. The molecular formula is C21H24N4O3S. The molecule has 1 aliphatic heterocycles. The van der Waals surface area contributed by atoms with Gasteiger partial charge >= 0.3 is 0 Å². The molecule has 7 nitrogen and oxygen atoms in total. The normalized spacial score (nSPS) is 16.0. The largest absolute Gasteiger partial charge is 0.379 e. The number of thiophene rings is 1. The lowest BCUT2D eigenvalue weighted by Crippen LogP contribution is -2.43. The van der Waals surface area contributed by atoms with Gasteiger partial charge in [0.15, 0.2) is 0 Å². The molecule has 1 aliphatic rings. The maximum atomic E-state index is 12.5. The van der Waals surface area contributed by atoms with Crippen molar-refractivity contribution in [2.45, 2.75) is 18.9 Å². The quantitative estimate of drug-likeness (QED) is 0.621. The van der Waals surface area contributed by atoms with Gasteiger partial charge in [-0.15, -0.1) is 11.3 Å². The van der Waals surface area contributed by atoms with Crippen molar-refractivity contribution >= 4 is 28.1 Å². The molecule has 0 saturated carbocycles. The molecule has 152 valence electrons. The summed E-state index contributed by atoms with van der Waals surface area (Å²) in [6.07, 6.45) is 0.675. The van der Waals surface area contributed by atoms with Crippen LogP contribution in [0.4, 0.5) is 0 Å². The van der Waals surface area contributed by atoms with Gasteiger partial charge in [0.05, 0.1) is 30.2 Å². The number of hydrogen-bond acceptors (Lipinski definition) is 6. The third-order valence-corrected chi connectivity index (χ3v) is 6.07. The molecule has 1 fully saturated rings. The van der Waals surface area contributed by atoms with Crippen LogP contribution >= 0.6 is 11.3 Å². The first-order valence-electron chi connectivity index (χ1n) is 9.80. The Morgan fingerprint density at radius 3 is 2.86 bits per heavy atom. The number of nitrogens with one attached hydrogen (secondary N) is 2. The molecule has 0 spiro atoms. The topological polar surface area (TPSA) is 87.3 Å². The summed E-state index contributed by atoms with van der Waals surface area (Å²) in [5.74, 6) is 0.488. The van der Waals surface area contributed by atoms with Crippen molar-refractivity contribution in [2.24, 2.45) is 0 Å². The highest BCUT2D eigenvalue weighted by Crippen LogP contribution is 2.25. The van der Waals surface area contributed by atoms with Crippen molar-refractivity contribution in [2.75, 3.05) is 32.8 Å². The van der Waals surface area contributed by atoms with E-state index in [1.165, 1.54) is 4.88 Å². The molecule has 8 heteroatoms. The fourth-order valence-electron chi connectivity index (χ4n) is 3.56. The number of aryl methyl sites for hydroxylation is 1. The maximum Gasteiger partial charge on any atom is 0.258 e. The van der Waals surface area contributed by atoms with Gasteiger partial charge in [-0.05, 0) is 23.6 Å². The van der Waals surface area contributed by atoms with Crippen LogP contribution in [0, 0.1) is 0 Å². The first-order valence-corrected chi connectivity index (χ1v) is 10.7. The number of aromatic amines is 1. The molecule has 2 N–H and O–H groups in total. The summed E-state index contributed by atoms with van der Waals surface area (Å²) in [5.41, 5.74) is 0.479. The Morgan fingerprint density at radius 2 is 2.07 bits per heavy atom. The fraction of sp³-hybridized carbons (Fsp3) is 0.381. The minimum Gasteiger partial charge on any atom is -0.379 e. The van der Waals surface area contributed by atoms with E-state index in [9.17, 15) is 9.59 Å². The highest BCUT2D eigenvalue weighted by atomic mass is 32.1. The Balaban J connectivity index is 1.36. The predicted molar refractivity (Wildman–Crippen MR) is 113 cm³/mol. The minimum absolute atomic E-state index is 0.0457. The van der Waals surface area contributed by atoms with Crippen LogP contribution in [0.5, 0.6) is 0 Å². The van der Waals surface area contributed by atoms with Gasteiger partial charge in [-0.25, -0.2) is 4.98 Å². The van der Waals surface area contributed by atoms with Gasteiger partial charge in [-0.1, -0.05) is 18.2 Å². The van der Waals surface area contributed by atoms with Gasteiger partial charge in [-0.2, -0.15) is 0 Å². The molecule has 0 unspecified atom stereocenters. The van der Waals surface area contributed by atoms with Crippen LogP contribution in [-0.2, 0) is 16.0 Å². The number of morpholine rings is 1. The zero-order valence-corrected chi connectivity index (χ0v) is 16.9. The summed E-state index contributed by atoms with van der Waals surface area (Å²) >= 11 is 1.71. The molecule has 1 atom stereocenters. The second kappa shape index (κ2) is 9.30. The number of hydrogen-bond donors (Lipinski definition) is 2. The number of para-hydroxylation sites is 1. The molecule has 2 aromatic heterocycles. The maximum absolute atomic E-state index is 12.5. The van der Waals surface area contributed by atoms with E-state index in [0.29, 0.717) is 29.7 Å². The van der Waals surface area contributed by atoms with Gasteiger partial charge in [0, 0.05) is 37.4 Å². The van der Waals surface area contributed by atoms with Gasteiger partial charge in [0.1, 0.15) is 5.82 Å². The van der Waals surface area contributed by atoms with Gasteiger partial charge < -0.3 is 15.0 Å². The molecule has 0 aliphatic carbocycles. The molecule has 0 radical (unpaired) electrons. The Labute approximate surface area is 172 Å². The molecule has 4 rings (SSSR count). The van der Waals surface area contributed by atoms with Crippen LogP contribution in [-0.4, -0.2) is 53.6 Å². The summed E-state index contributed by atoms with van der Waals surface area (Å²) in [4.78, 5) is 35.4. The number of ether oxygens (including phenoxy) is 1. The van der Waals surface area contributed by atoms with Gasteiger partial charge in [0.25, 0.3) is 5.56 Å². The molecule has 0 bridgehead atoms. The Morgan fingerprint density at radius 1 is 1.24 bits per heavy atom. The van der Waals surface area contributed by atoms with Crippen LogP contribution in [0.25, 0.3) is 10.9 Å². The first-order chi connectivity index (χ1) is 14.2. The Kier molecular flexibility index (Phi) is 6.33. The second-order valence-corrected chi connectivity index (χ2v) is 7.99. The van der Waals surface area contributed by atoms with Crippen molar-refractivity contribution in [1.82, 2.24) is 20.2 Å². The molecule has 1 amide bonds. The monoisotopic (exact) mass is 412 g/mol. The first kappa shape index (κ1) is 19.8. The van der Waals surface area contributed by atoms with Crippen molar-refractivity contribution < 1.29 is 9.53 Å². The van der Waals surface area contributed by atoms with Crippen LogP contribution in [0.3, 0.4) is 0 Å². The fourth-order valence-corrected chi connectivity index (χ4v) is 4.42. The molecule has 29 heavy (non-hydrogen) atoms. The van der Waals surface area contributed by atoms with E-state index in [1.54, 1.807) is 17.4 Å². The number of carbonyl (C=O) groups excluding carboxylic acids is 1. The number of carbonyl (C=O) groups is 1. The van der Waals surface area contributed by atoms with E-state index < -0.39 is 0 Å². The lowest BCUT2D eigenvalue weighted by Gasteiger charge is -2.34. The Bertz CT molecular complexity index is 1010. The SMILES string of the molecule is O=C(CCc1nc2ccccc2c(=O)[nH]1)NC[C@H](c1cccs1)N1CCOCC1.